The fraction of sp³-hybridized carbons (Fsp3) is 0.632. The molecular weight excluding hydrogens is 394 g/mol. The van der Waals surface area contributed by atoms with Gasteiger partial charge in [-0.2, -0.15) is 0 Å². The molecule has 0 aromatic carbocycles. The number of aromatic nitrogens is 3. The van der Waals surface area contributed by atoms with Crippen LogP contribution < -0.4 is 10.9 Å². The molecule has 2 aliphatic heterocycles. The molecular formula is C19H27N5O4S. The van der Waals surface area contributed by atoms with Gasteiger partial charge in [0.05, 0.1) is 29.8 Å². The Balaban J connectivity index is 1.51. The maximum atomic E-state index is 12.8. The first-order chi connectivity index (χ1) is 13.8. The maximum absolute atomic E-state index is 12.8. The van der Waals surface area contributed by atoms with Gasteiger partial charge < -0.3 is 10.2 Å². The predicted octanol–water partition coefficient (Wildman–Crippen LogP) is 0.334. The number of nitrogens with zero attached hydrogens (tertiary/aromatic N) is 3. The fourth-order valence-electron chi connectivity index (χ4n) is 4.44. The monoisotopic (exact) mass is 421 g/mol. The lowest BCUT2D eigenvalue weighted by molar-refractivity contribution is -0.131. The second kappa shape index (κ2) is 7.56. The van der Waals surface area contributed by atoms with Gasteiger partial charge in [0.15, 0.2) is 15.5 Å². The van der Waals surface area contributed by atoms with E-state index in [4.69, 9.17) is 0 Å². The summed E-state index contributed by atoms with van der Waals surface area (Å²) >= 11 is 0. The number of aryl methyl sites for hydroxylation is 1. The lowest BCUT2D eigenvalue weighted by atomic mass is 10.1. The Bertz CT molecular complexity index is 1100. The van der Waals surface area contributed by atoms with Crippen LogP contribution in [-0.2, 0) is 21.1 Å². The molecule has 0 bridgehead atoms. The lowest BCUT2D eigenvalue weighted by Crippen LogP contribution is -2.42. The summed E-state index contributed by atoms with van der Waals surface area (Å²) in [5.74, 6) is 0.224. The molecule has 2 aliphatic rings. The average Bonchev–Trinajstić information content (AvgIpc) is 3.37. The zero-order valence-electron chi connectivity index (χ0n) is 16.8. The summed E-state index contributed by atoms with van der Waals surface area (Å²) in [5, 5.41) is 6.24. The Morgan fingerprint density at radius 3 is 2.86 bits per heavy atom. The van der Waals surface area contributed by atoms with Crippen molar-refractivity contribution in [3.8, 4) is 0 Å². The molecule has 0 aliphatic carbocycles. The predicted molar refractivity (Wildman–Crippen MR) is 109 cm³/mol. The minimum atomic E-state index is -2.98. The highest BCUT2D eigenvalue weighted by molar-refractivity contribution is 7.91. The minimum absolute atomic E-state index is 0.0545. The molecule has 158 valence electrons. The second-order valence-electron chi connectivity index (χ2n) is 7.97. The number of aromatic amines is 1. The number of sulfone groups is 1. The Morgan fingerprint density at radius 2 is 2.17 bits per heavy atom. The summed E-state index contributed by atoms with van der Waals surface area (Å²) in [6.07, 6.45) is 2.86. The molecule has 2 fully saturated rings. The van der Waals surface area contributed by atoms with Crippen molar-refractivity contribution in [2.45, 2.75) is 51.6 Å². The summed E-state index contributed by atoms with van der Waals surface area (Å²) in [7, 11) is -2.98. The number of amides is 1. The van der Waals surface area contributed by atoms with Crippen molar-refractivity contribution in [3.05, 3.63) is 33.4 Å². The molecule has 2 atom stereocenters. The van der Waals surface area contributed by atoms with Crippen LogP contribution in [0.5, 0.6) is 0 Å². The summed E-state index contributed by atoms with van der Waals surface area (Å²) in [5.41, 5.74) is 2.69. The highest BCUT2D eigenvalue weighted by Gasteiger charge is 2.33. The molecule has 4 rings (SSSR count). The van der Waals surface area contributed by atoms with Gasteiger partial charge in [-0.25, -0.2) is 17.9 Å². The van der Waals surface area contributed by atoms with Crippen molar-refractivity contribution >= 4 is 21.4 Å². The van der Waals surface area contributed by atoms with E-state index in [0.717, 1.165) is 24.2 Å². The van der Waals surface area contributed by atoms with Gasteiger partial charge in [0.25, 0.3) is 5.56 Å². The number of likely N-dealkylation sites (tertiary alicyclic amines) is 1. The highest BCUT2D eigenvalue weighted by atomic mass is 32.2. The van der Waals surface area contributed by atoms with Crippen molar-refractivity contribution in [1.82, 2.24) is 24.8 Å². The smallest absolute Gasteiger partial charge is 0.276 e. The third kappa shape index (κ3) is 3.83. The number of hydrogen-bond acceptors (Lipinski definition) is 6. The molecule has 2 aromatic rings. The van der Waals surface area contributed by atoms with Crippen LogP contribution in [0.1, 0.15) is 49.2 Å². The molecule has 0 saturated carbocycles. The van der Waals surface area contributed by atoms with E-state index >= 15 is 0 Å². The number of carbonyl (C=O) groups is 1. The van der Waals surface area contributed by atoms with Crippen LogP contribution in [0.4, 0.5) is 0 Å². The van der Waals surface area contributed by atoms with Gasteiger partial charge in [0.2, 0.25) is 5.91 Å². The lowest BCUT2D eigenvalue weighted by Gasteiger charge is -2.24. The van der Waals surface area contributed by atoms with Crippen molar-refractivity contribution in [2.75, 3.05) is 24.6 Å². The van der Waals surface area contributed by atoms with Gasteiger partial charge in [0, 0.05) is 29.9 Å². The molecule has 0 unspecified atom stereocenters. The number of H-pyrrole nitrogens is 1. The first-order valence-corrected chi connectivity index (χ1v) is 12.0. The zero-order valence-corrected chi connectivity index (χ0v) is 17.6. The van der Waals surface area contributed by atoms with Crippen LogP contribution in [0.25, 0.3) is 5.65 Å². The molecule has 2 aromatic heterocycles. The van der Waals surface area contributed by atoms with Gasteiger partial charge >= 0.3 is 0 Å². The molecule has 29 heavy (non-hydrogen) atoms. The van der Waals surface area contributed by atoms with E-state index in [1.807, 2.05) is 19.9 Å². The number of nitrogens with one attached hydrogen (secondary N) is 2. The third-order valence-corrected chi connectivity index (χ3v) is 7.76. The van der Waals surface area contributed by atoms with E-state index in [1.165, 1.54) is 4.52 Å². The zero-order chi connectivity index (χ0) is 20.8. The van der Waals surface area contributed by atoms with Crippen molar-refractivity contribution < 1.29 is 13.2 Å². The Labute approximate surface area is 169 Å². The van der Waals surface area contributed by atoms with E-state index in [0.29, 0.717) is 30.6 Å². The maximum Gasteiger partial charge on any atom is 0.276 e. The van der Waals surface area contributed by atoms with Crippen molar-refractivity contribution in [1.29, 1.82) is 0 Å². The number of hydrogen-bond donors (Lipinski definition) is 2. The quantitative estimate of drug-likeness (QED) is 0.719. The van der Waals surface area contributed by atoms with Crippen molar-refractivity contribution in [2.24, 2.45) is 0 Å². The van der Waals surface area contributed by atoms with Gasteiger partial charge in [-0.3, -0.25) is 14.7 Å². The molecule has 2 N–H and O–H groups in total. The Morgan fingerprint density at radius 1 is 1.38 bits per heavy atom. The van der Waals surface area contributed by atoms with Gasteiger partial charge in [-0.15, -0.1) is 0 Å². The van der Waals surface area contributed by atoms with Gasteiger partial charge in [-0.05, 0) is 32.6 Å². The number of rotatable bonds is 5. The minimum Gasteiger partial charge on any atom is -0.333 e. The van der Waals surface area contributed by atoms with E-state index in [-0.39, 0.29) is 41.6 Å². The van der Waals surface area contributed by atoms with E-state index in [9.17, 15) is 18.0 Å². The van der Waals surface area contributed by atoms with Gasteiger partial charge in [0.1, 0.15) is 0 Å². The largest absolute Gasteiger partial charge is 0.333 e. The van der Waals surface area contributed by atoms with Crippen LogP contribution >= 0.6 is 0 Å². The van der Waals surface area contributed by atoms with Crippen LogP contribution in [0.3, 0.4) is 0 Å². The summed E-state index contributed by atoms with van der Waals surface area (Å²) in [4.78, 5) is 31.8. The van der Waals surface area contributed by atoms with Gasteiger partial charge in [-0.1, -0.05) is 6.92 Å². The summed E-state index contributed by atoms with van der Waals surface area (Å²) in [6, 6.07) is 1.56. The molecule has 0 radical (unpaired) electrons. The molecule has 0 spiro atoms. The van der Waals surface area contributed by atoms with Crippen LogP contribution in [-0.4, -0.2) is 64.5 Å². The normalized spacial score (nSPS) is 23.9. The molecule has 1 amide bonds. The highest BCUT2D eigenvalue weighted by Crippen LogP contribution is 2.31. The topological polar surface area (TPSA) is 117 Å². The molecule has 4 heterocycles. The molecule has 9 nitrogen and oxygen atoms in total. The average molecular weight is 422 g/mol. The van der Waals surface area contributed by atoms with Crippen molar-refractivity contribution in [3.63, 3.8) is 0 Å². The van der Waals surface area contributed by atoms with E-state index in [1.54, 1.807) is 4.90 Å². The standard InChI is InChI=1S/C19H27N5O4S/c1-3-14-12(2)21-17-9-15(22-24(17)19(14)26)16-5-4-7-23(16)18(25)10-20-13-6-8-29(27,28)11-13/h9,13,16,20,22H,3-8,10-11H2,1-2H3/t13-,16+/m1/s1. The van der Waals surface area contributed by atoms with Crippen LogP contribution in [0.2, 0.25) is 0 Å². The van der Waals surface area contributed by atoms with E-state index in [2.05, 4.69) is 15.4 Å². The Hall–Kier alpha value is -2.20. The van der Waals surface area contributed by atoms with Crippen LogP contribution in [0.15, 0.2) is 10.9 Å². The third-order valence-electron chi connectivity index (χ3n) is 5.99. The summed E-state index contributed by atoms with van der Waals surface area (Å²) in [6.45, 7) is 4.54. The second-order valence-corrected chi connectivity index (χ2v) is 10.2. The first-order valence-electron chi connectivity index (χ1n) is 10.1. The van der Waals surface area contributed by atoms with E-state index < -0.39 is 9.84 Å². The fourth-order valence-corrected chi connectivity index (χ4v) is 6.15. The first kappa shape index (κ1) is 20.1. The number of fused-ring (bicyclic) bond motifs is 1. The molecule has 2 saturated heterocycles. The molecule has 10 heteroatoms. The number of carbonyl (C=O) groups excluding carboxylic acids is 1. The Kier molecular flexibility index (Phi) is 5.24. The SMILES string of the molecule is CCc1c(C)nc2cc([C@@H]3CCCN3C(=O)CN[C@@H]3CCS(=O)(=O)C3)[nH]n2c1=O. The summed E-state index contributed by atoms with van der Waals surface area (Å²) < 4.78 is 24.6. The van der Waals surface area contributed by atoms with Crippen LogP contribution in [0, 0.1) is 6.92 Å².